The molecule has 22 heavy (non-hydrogen) atoms. The van der Waals surface area contributed by atoms with Crippen LogP contribution in [0.4, 0.5) is 15.8 Å². The van der Waals surface area contributed by atoms with Gasteiger partial charge in [0, 0.05) is 0 Å². The molecule has 114 valence electrons. The minimum absolute atomic E-state index is 0.208. The first-order valence-corrected chi connectivity index (χ1v) is 8.96. The van der Waals surface area contributed by atoms with Crippen molar-refractivity contribution in [3.05, 3.63) is 54.1 Å². The summed E-state index contributed by atoms with van der Waals surface area (Å²) < 4.78 is 14.8. The van der Waals surface area contributed by atoms with Crippen LogP contribution >= 0.6 is 0 Å². The molecule has 2 heterocycles. The summed E-state index contributed by atoms with van der Waals surface area (Å²) in [6.45, 7) is 2.09. The Bertz CT molecular complexity index is 654. The Labute approximate surface area is 141 Å². The maximum atomic E-state index is 13.7. The Kier molecular flexibility index (Phi) is 4.99. The Morgan fingerprint density at radius 2 is 1.82 bits per heavy atom. The van der Waals surface area contributed by atoms with E-state index in [2.05, 4.69) is 15.2 Å². The number of nitrogens with zero attached hydrogens (tertiary/aromatic N) is 2. The number of benzene rings is 1. The number of hydrogen-bond donors (Lipinski definition) is 1. The Hall–Kier alpha value is -1.54. The predicted molar refractivity (Wildman–Crippen MR) is 84.4 cm³/mol. The number of aromatic nitrogens is 1. The van der Waals surface area contributed by atoms with Crippen LogP contribution < -0.4 is 10.2 Å². The van der Waals surface area contributed by atoms with Gasteiger partial charge >= 0.3 is 141 Å². The SMILES string of the molecule is Fc1ccc(N2CCCCC2)c(N[C](=[W])c2ccncc2)c1. The molecule has 2 aromatic rings. The maximum absolute atomic E-state index is 13.7. The molecule has 5 heteroatoms. The summed E-state index contributed by atoms with van der Waals surface area (Å²) in [7, 11) is 0. The molecule has 0 spiro atoms. The van der Waals surface area contributed by atoms with Gasteiger partial charge in [-0.15, -0.1) is 0 Å². The van der Waals surface area contributed by atoms with Gasteiger partial charge in [-0.3, -0.25) is 0 Å². The zero-order valence-corrected chi connectivity index (χ0v) is 15.2. The number of nitrogens with one attached hydrogen (secondary N) is 1. The van der Waals surface area contributed by atoms with Crippen molar-refractivity contribution in [2.75, 3.05) is 23.3 Å². The Morgan fingerprint density at radius 3 is 2.55 bits per heavy atom. The molecule has 1 aliphatic heterocycles. The van der Waals surface area contributed by atoms with E-state index in [1.54, 1.807) is 24.5 Å². The first kappa shape index (κ1) is 15.4. The molecule has 0 atom stereocenters. The normalized spacial score (nSPS) is 14.7. The number of anilines is 2. The van der Waals surface area contributed by atoms with E-state index < -0.39 is 0 Å². The van der Waals surface area contributed by atoms with Crippen LogP contribution in [-0.4, -0.2) is 22.1 Å². The monoisotopic (exact) mass is 467 g/mol. The molecule has 1 aromatic carbocycles. The Morgan fingerprint density at radius 1 is 1.09 bits per heavy atom. The van der Waals surface area contributed by atoms with Gasteiger partial charge in [0.1, 0.15) is 0 Å². The van der Waals surface area contributed by atoms with Gasteiger partial charge in [-0.1, -0.05) is 0 Å². The third-order valence-corrected chi connectivity index (χ3v) is 5.06. The Balaban J connectivity index is 1.85. The van der Waals surface area contributed by atoms with Crippen LogP contribution in [-0.2, 0) is 19.4 Å². The number of rotatable bonds is 4. The van der Waals surface area contributed by atoms with Crippen LogP contribution in [0.3, 0.4) is 0 Å². The van der Waals surface area contributed by atoms with Gasteiger partial charge in [0.05, 0.1) is 0 Å². The van der Waals surface area contributed by atoms with E-state index in [1.165, 1.54) is 38.6 Å². The van der Waals surface area contributed by atoms with Crippen molar-refractivity contribution in [2.24, 2.45) is 0 Å². The standard InChI is InChI=1S/C17H18FN3.W/c18-15-4-5-17(21-10-2-1-3-11-21)16(12-15)20-13-14-6-8-19-9-7-14;/h4-9,12,20H,1-3,10-11H2;. The van der Waals surface area contributed by atoms with Gasteiger partial charge in [0.25, 0.3) is 0 Å². The summed E-state index contributed by atoms with van der Waals surface area (Å²) in [5.74, 6) is -0.208. The van der Waals surface area contributed by atoms with Gasteiger partial charge in [0.15, 0.2) is 0 Å². The second-order valence-corrected chi connectivity index (χ2v) is 6.87. The fourth-order valence-corrected chi connectivity index (χ4v) is 3.60. The van der Waals surface area contributed by atoms with Crippen molar-refractivity contribution >= 4 is 15.4 Å². The van der Waals surface area contributed by atoms with Crippen molar-refractivity contribution in [1.82, 2.24) is 4.98 Å². The zero-order valence-electron chi connectivity index (χ0n) is 12.3. The van der Waals surface area contributed by atoms with Gasteiger partial charge in [-0.25, -0.2) is 0 Å². The van der Waals surface area contributed by atoms with Crippen LogP contribution in [0.25, 0.3) is 0 Å². The summed E-state index contributed by atoms with van der Waals surface area (Å²) in [6.07, 6.45) is 7.24. The molecular formula is C17H18FN3W. The molecule has 0 amide bonds. The van der Waals surface area contributed by atoms with Crippen LogP contribution in [0.15, 0.2) is 42.7 Å². The molecule has 0 saturated carbocycles. The number of halogens is 1. The second kappa shape index (κ2) is 7.15. The quantitative estimate of drug-likeness (QED) is 0.748. The van der Waals surface area contributed by atoms with Crippen LogP contribution in [0.1, 0.15) is 24.8 Å². The third-order valence-electron chi connectivity index (χ3n) is 3.85. The molecule has 0 bridgehead atoms. The summed E-state index contributed by atoms with van der Waals surface area (Å²) in [5, 5.41) is 3.41. The predicted octanol–water partition coefficient (Wildman–Crippen LogP) is 3.35. The van der Waals surface area contributed by atoms with E-state index in [9.17, 15) is 4.39 Å². The topological polar surface area (TPSA) is 28.2 Å². The molecule has 3 nitrogen and oxygen atoms in total. The van der Waals surface area contributed by atoms with Crippen molar-refractivity contribution in [2.45, 2.75) is 19.3 Å². The molecule has 1 aliphatic rings. The molecule has 3 rings (SSSR count). The van der Waals surface area contributed by atoms with Crippen molar-refractivity contribution in [1.29, 1.82) is 0 Å². The zero-order chi connectivity index (χ0) is 15.4. The van der Waals surface area contributed by atoms with Crippen LogP contribution in [0.5, 0.6) is 0 Å². The van der Waals surface area contributed by atoms with Gasteiger partial charge in [0.2, 0.25) is 0 Å². The van der Waals surface area contributed by atoms with E-state index in [-0.39, 0.29) is 5.82 Å². The van der Waals surface area contributed by atoms with Gasteiger partial charge in [-0.2, -0.15) is 0 Å². The third kappa shape index (κ3) is 3.61. The van der Waals surface area contributed by atoms with E-state index in [0.717, 1.165) is 34.0 Å². The van der Waals surface area contributed by atoms with Crippen molar-refractivity contribution < 1.29 is 23.7 Å². The number of piperidine rings is 1. The second-order valence-electron chi connectivity index (χ2n) is 5.40. The molecule has 1 aromatic heterocycles. The summed E-state index contributed by atoms with van der Waals surface area (Å²) in [5.41, 5.74) is 3.04. The number of pyridine rings is 1. The summed E-state index contributed by atoms with van der Waals surface area (Å²) in [6, 6.07) is 8.96. The first-order valence-electron chi connectivity index (χ1n) is 7.50. The first-order chi connectivity index (χ1) is 10.7. The summed E-state index contributed by atoms with van der Waals surface area (Å²) >= 11 is 1.31. The molecule has 0 aliphatic carbocycles. The van der Waals surface area contributed by atoms with E-state index in [1.807, 2.05) is 18.2 Å². The summed E-state index contributed by atoms with van der Waals surface area (Å²) in [4.78, 5) is 6.39. The average Bonchev–Trinajstić information content (AvgIpc) is 2.56. The van der Waals surface area contributed by atoms with Crippen molar-refractivity contribution in [3.8, 4) is 0 Å². The van der Waals surface area contributed by atoms with Gasteiger partial charge in [-0.05, 0) is 0 Å². The van der Waals surface area contributed by atoms with E-state index in [4.69, 9.17) is 0 Å². The fourth-order valence-electron chi connectivity index (χ4n) is 2.72. The van der Waals surface area contributed by atoms with E-state index >= 15 is 0 Å². The molecule has 1 fully saturated rings. The molecule has 1 N–H and O–H groups in total. The molecule has 1 saturated heterocycles. The average molecular weight is 467 g/mol. The number of hydrogen-bond acceptors (Lipinski definition) is 3. The molecule has 0 unspecified atom stereocenters. The minimum atomic E-state index is -0.208. The molecular weight excluding hydrogens is 449 g/mol. The molecule has 0 radical (unpaired) electrons. The van der Waals surface area contributed by atoms with Crippen molar-refractivity contribution in [3.63, 3.8) is 0 Å². The van der Waals surface area contributed by atoms with E-state index in [0.29, 0.717) is 0 Å². The van der Waals surface area contributed by atoms with Crippen LogP contribution in [0, 0.1) is 5.82 Å². The fraction of sp³-hybridized carbons (Fsp3) is 0.294. The van der Waals surface area contributed by atoms with Gasteiger partial charge < -0.3 is 0 Å². The van der Waals surface area contributed by atoms with Crippen LogP contribution in [0.2, 0.25) is 0 Å².